The van der Waals surface area contributed by atoms with Crippen molar-refractivity contribution in [1.29, 1.82) is 0 Å². The molecule has 1 aliphatic carbocycles. The average Bonchev–Trinajstić information content (AvgIpc) is 2.55. The molecule has 2 rings (SSSR count). The first kappa shape index (κ1) is 13.9. The maximum absolute atomic E-state index is 12.4. The fraction of sp³-hybridized carbons (Fsp3) is 0.933. The summed E-state index contributed by atoms with van der Waals surface area (Å²) in [6.45, 7) is 5.49. The molecule has 0 aromatic rings. The predicted octanol–water partition coefficient (Wildman–Crippen LogP) is 2.46. The van der Waals surface area contributed by atoms with Crippen LogP contribution in [0.5, 0.6) is 0 Å². The molecule has 0 aromatic heterocycles. The Morgan fingerprint density at radius 3 is 2.61 bits per heavy atom. The van der Waals surface area contributed by atoms with Crippen molar-refractivity contribution in [2.45, 2.75) is 70.9 Å². The zero-order valence-electron chi connectivity index (χ0n) is 11.9. The quantitative estimate of drug-likeness (QED) is 0.741. The topological polar surface area (TPSA) is 41.1 Å². The average molecular weight is 252 g/mol. The van der Waals surface area contributed by atoms with Crippen LogP contribution in [0, 0.1) is 11.8 Å². The number of piperidine rings is 1. The summed E-state index contributed by atoms with van der Waals surface area (Å²) in [6, 6.07) is 0.744. The van der Waals surface area contributed by atoms with Gasteiger partial charge in [0, 0.05) is 12.1 Å². The van der Waals surface area contributed by atoms with Gasteiger partial charge in [-0.15, -0.1) is 0 Å². The largest absolute Gasteiger partial charge is 0.353 e. The van der Waals surface area contributed by atoms with Gasteiger partial charge < -0.3 is 10.6 Å². The highest BCUT2D eigenvalue weighted by Crippen LogP contribution is 2.24. The molecule has 2 fully saturated rings. The lowest BCUT2D eigenvalue weighted by Gasteiger charge is -2.31. The highest BCUT2D eigenvalue weighted by atomic mass is 16.2. The molecule has 2 aliphatic rings. The van der Waals surface area contributed by atoms with Crippen LogP contribution in [0.4, 0.5) is 0 Å². The van der Waals surface area contributed by atoms with Gasteiger partial charge in [0.2, 0.25) is 5.91 Å². The number of hydrogen-bond donors (Lipinski definition) is 2. The van der Waals surface area contributed by atoms with E-state index in [1.807, 2.05) is 0 Å². The van der Waals surface area contributed by atoms with E-state index in [9.17, 15) is 4.79 Å². The van der Waals surface area contributed by atoms with Crippen molar-refractivity contribution in [2.24, 2.45) is 11.8 Å². The van der Waals surface area contributed by atoms with Crippen LogP contribution in [0.1, 0.15) is 58.8 Å². The van der Waals surface area contributed by atoms with Gasteiger partial charge in [-0.2, -0.15) is 0 Å². The predicted molar refractivity (Wildman–Crippen MR) is 74.4 cm³/mol. The molecule has 0 aromatic carbocycles. The third-order valence-electron chi connectivity index (χ3n) is 4.79. The summed E-state index contributed by atoms with van der Waals surface area (Å²) in [7, 11) is 0. The van der Waals surface area contributed by atoms with E-state index in [0.29, 0.717) is 18.0 Å². The maximum atomic E-state index is 12.4. The van der Waals surface area contributed by atoms with Gasteiger partial charge in [0.05, 0.1) is 5.92 Å². The lowest BCUT2D eigenvalue weighted by atomic mass is 9.89. The summed E-state index contributed by atoms with van der Waals surface area (Å²) in [6.07, 6.45) is 8.54. The van der Waals surface area contributed by atoms with E-state index in [1.54, 1.807) is 0 Å². The summed E-state index contributed by atoms with van der Waals surface area (Å²) < 4.78 is 0. The van der Waals surface area contributed by atoms with Gasteiger partial charge in [0.25, 0.3) is 0 Å². The molecule has 4 unspecified atom stereocenters. The molecule has 3 nitrogen and oxygen atoms in total. The number of nitrogens with one attached hydrogen (secondary N) is 2. The Labute approximate surface area is 111 Å². The van der Waals surface area contributed by atoms with Crippen LogP contribution in [-0.4, -0.2) is 24.5 Å². The third kappa shape index (κ3) is 3.47. The van der Waals surface area contributed by atoms with Gasteiger partial charge in [-0.25, -0.2) is 0 Å². The molecule has 2 N–H and O–H groups in total. The Hall–Kier alpha value is -0.570. The molecule has 104 valence electrons. The van der Waals surface area contributed by atoms with E-state index in [2.05, 4.69) is 24.5 Å². The second kappa shape index (κ2) is 6.55. The molecule has 1 saturated heterocycles. The van der Waals surface area contributed by atoms with E-state index in [1.165, 1.54) is 32.1 Å². The van der Waals surface area contributed by atoms with Crippen molar-refractivity contribution in [3.8, 4) is 0 Å². The summed E-state index contributed by atoms with van der Waals surface area (Å²) in [4.78, 5) is 12.4. The van der Waals surface area contributed by atoms with Crippen molar-refractivity contribution >= 4 is 5.91 Å². The monoisotopic (exact) mass is 252 g/mol. The minimum absolute atomic E-state index is 0.175. The molecular weight excluding hydrogens is 224 g/mol. The highest BCUT2D eigenvalue weighted by Gasteiger charge is 2.30. The fourth-order valence-corrected chi connectivity index (χ4v) is 3.40. The molecule has 1 heterocycles. The summed E-state index contributed by atoms with van der Waals surface area (Å²) >= 11 is 0. The number of amides is 1. The van der Waals surface area contributed by atoms with Crippen LogP contribution < -0.4 is 10.6 Å². The van der Waals surface area contributed by atoms with Crippen LogP contribution in [0.25, 0.3) is 0 Å². The van der Waals surface area contributed by atoms with Gasteiger partial charge >= 0.3 is 0 Å². The number of carbonyl (C=O) groups excluding carboxylic acids is 1. The van der Waals surface area contributed by atoms with Gasteiger partial charge in [0.15, 0.2) is 0 Å². The second-order valence-electron chi connectivity index (χ2n) is 6.22. The zero-order chi connectivity index (χ0) is 13.0. The van der Waals surface area contributed by atoms with Crippen molar-refractivity contribution in [1.82, 2.24) is 10.6 Å². The molecule has 1 aliphatic heterocycles. The van der Waals surface area contributed by atoms with Crippen LogP contribution in [0.3, 0.4) is 0 Å². The molecule has 18 heavy (non-hydrogen) atoms. The summed E-state index contributed by atoms with van der Waals surface area (Å²) in [5, 5.41) is 6.74. The van der Waals surface area contributed by atoms with Crippen LogP contribution >= 0.6 is 0 Å². The maximum Gasteiger partial charge on any atom is 0.224 e. The van der Waals surface area contributed by atoms with Crippen molar-refractivity contribution in [2.75, 3.05) is 6.54 Å². The minimum Gasteiger partial charge on any atom is -0.353 e. The molecule has 1 amide bonds. The second-order valence-corrected chi connectivity index (χ2v) is 6.22. The molecule has 0 radical (unpaired) electrons. The smallest absolute Gasteiger partial charge is 0.224 e. The van der Waals surface area contributed by atoms with E-state index < -0.39 is 0 Å². The molecule has 0 bridgehead atoms. The van der Waals surface area contributed by atoms with Gasteiger partial charge in [-0.3, -0.25) is 4.79 Å². The summed E-state index contributed by atoms with van der Waals surface area (Å²) in [5.41, 5.74) is 0. The molecule has 3 heteroatoms. The Balaban J connectivity index is 1.88. The number of hydrogen-bond acceptors (Lipinski definition) is 2. The van der Waals surface area contributed by atoms with Crippen LogP contribution in [-0.2, 0) is 4.79 Å². The lowest BCUT2D eigenvalue weighted by Crippen LogP contribution is -2.50. The van der Waals surface area contributed by atoms with Gasteiger partial charge in [-0.1, -0.05) is 26.2 Å². The number of rotatable bonds is 2. The molecule has 1 saturated carbocycles. The Kier molecular flexibility index (Phi) is 5.04. The molecule has 0 spiro atoms. The van der Waals surface area contributed by atoms with E-state index in [4.69, 9.17) is 0 Å². The molecule has 4 atom stereocenters. The Bertz CT molecular complexity index is 280. The van der Waals surface area contributed by atoms with Crippen molar-refractivity contribution < 1.29 is 4.79 Å². The Morgan fingerprint density at radius 2 is 1.83 bits per heavy atom. The minimum atomic E-state index is 0.175. The molecular formula is C15H28N2O. The van der Waals surface area contributed by atoms with E-state index >= 15 is 0 Å². The number of carbonyl (C=O) groups is 1. The van der Waals surface area contributed by atoms with Crippen LogP contribution in [0.2, 0.25) is 0 Å². The fourth-order valence-electron chi connectivity index (χ4n) is 3.40. The van der Waals surface area contributed by atoms with Gasteiger partial charge in [-0.05, 0) is 45.1 Å². The van der Waals surface area contributed by atoms with E-state index in [0.717, 1.165) is 19.4 Å². The first-order chi connectivity index (χ1) is 8.68. The third-order valence-corrected chi connectivity index (χ3v) is 4.79. The lowest BCUT2D eigenvalue weighted by molar-refractivity contribution is -0.127. The van der Waals surface area contributed by atoms with Crippen LogP contribution in [0.15, 0.2) is 0 Å². The SMILES string of the molecule is CC1CCCCCC1NC(=O)C1CCCNC1C. The standard InChI is InChI=1S/C15H28N2O/c1-11-7-4-3-5-9-14(11)17-15(18)13-8-6-10-16-12(13)2/h11-14,16H,3-10H2,1-2H3,(H,17,18). The first-order valence-electron chi connectivity index (χ1n) is 7.72. The Morgan fingerprint density at radius 1 is 1.06 bits per heavy atom. The zero-order valence-corrected chi connectivity index (χ0v) is 11.9. The van der Waals surface area contributed by atoms with Crippen molar-refractivity contribution in [3.05, 3.63) is 0 Å². The van der Waals surface area contributed by atoms with Crippen molar-refractivity contribution in [3.63, 3.8) is 0 Å². The van der Waals surface area contributed by atoms with Gasteiger partial charge in [0.1, 0.15) is 0 Å². The first-order valence-corrected chi connectivity index (χ1v) is 7.72. The highest BCUT2D eigenvalue weighted by molar-refractivity contribution is 5.79. The van der Waals surface area contributed by atoms with E-state index in [-0.39, 0.29) is 11.8 Å². The summed E-state index contributed by atoms with van der Waals surface area (Å²) in [5.74, 6) is 1.10. The normalized spacial score (nSPS) is 37.9.